The minimum Gasteiger partial charge on any atom is -0.439 e. The number of ether oxygens (including phenoxy) is 1. The Morgan fingerprint density at radius 1 is 1.18 bits per heavy atom. The van der Waals surface area contributed by atoms with Crippen molar-refractivity contribution < 1.29 is 26.3 Å². The zero-order valence-corrected chi connectivity index (χ0v) is 15.9. The first-order chi connectivity index (χ1) is 13.1. The van der Waals surface area contributed by atoms with E-state index in [1.807, 2.05) is 0 Å². The van der Waals surface area contributed by atoms with Gasteiger partial charge >= 0.3 is 6.18 Å². The Bertz CT molecular complexity index is 1080. The van der Waals surface area contributed by atoms with Crippen LogP contribution in [0.2, 0.25) is 0 Å². The number of pyridine rings is 1. The van der Waals surface area contributed by atoms with E-state index in [4.69, 9.17) is 4.74 Å². The standard InChI is InChI=1S/C16H13F3N4O3S2/c1-28(24,25)12-6-2-5-11(8-12)26-13-10(4-3-7-20-13)9-21-15-23-22-14(27-15)16(17,18)19/h2-8H,9H2,1H3,(H,21,23). The number of halogens is 3. The molecule has 0 saturated heterocycles. The van der Waals surface area contributed by atoms with E-state index in [1.165, 1.54) is 24.4 Å². The number of alkyl halides is 3. The highest BCUT2D eigenvalue weighted by molar-refractivity contribution is 7.90. The molecule has 0 unspecified atom stereocenters. The normalized spacial score (nSPS) is 12.0. The summed E-state index contributed by atoms with van der Waals surface area (Å²) in [5.74, 6) is 0.444. The molecule has 0 saturated carbocycles. The van der Waals surface area contributed by atoms with Crippen molar-refractivity contribution >= 4 is 26.3 Å². The summed E-state index contributed by atoms with van der Waals surface area (Å²) in [6.45, 7) is 0.0848. The van der Waals surface area contributed by atoms with Gasteiger partial charge in [0.1, 0.15) is 5.75 Å². The van der Waals surface area contributed by atoms with Crippen molar-refractivity contribution in [2.24, 2.45) is 0 Å². The van der Waals surface area contributed by atoms with E-state index >= 15 is 0 Å². The van der Waals surface area contributed by atoms with Crippen molar-refractivity contribution in [3.05, 3.63) is 53.2 Å². The molecule has 0 radical (unpaired) electrons. The van der Waals surface area contributed by atoms with Crippen LogP contribution in [-0.4, -0.2) is 29.9 Å². The molecule has 3 rings (SSSR count). The fraction of sp³-hybridized carbons (Fsp3) is 0.188. The van der Waals surface area contributed by atoms with Gasteiger partial charge in [-0.15, -0.1) is 10.2 Å². The largest absolute Gasteiger partial charge is 0.445 e. The van der Waals surface area contributed by atoms with Crippen LogP contribution < -0.4 is 10.1 Å². The third kappa shape index (κ3) is 4.95. The van der Waals surface area contributed by atoms with Gasteiger partial charge in [0.05, 0.1) is 4.90 Å². The number of aromatic nitrogens is 3. The van der Waals surface area contributed by atoms with Crippen LogP contribution in [0, 0.1) is 0 Å². The summed E-state index contributed by atoms with van der Waals surface area (Å²) in [5.41, 5.74) is 0.538. The number of hydrogen-bond acceptors (Lipinski definition) is 8. The molecule has 3 aromatic rings. The van der Waals surface area contributed by atoms with E-state index in [2.05, 4.69) is 20.5 Å². The first-order valence-electron chi connectivity index (χ1n) is 7.69. The van der Waals surface area contributed by atoms with Crippen LogP contribution in [0.25, 0.3) is 0 Å². The Labute approximate surface area is 162 Å². The number of nitrogens with one attached hydrogen (secondary N) is 1. The molecule has 0 atom stereocenters. The first-order valence-corrected chi connectivity index (χ1v) is 10.4. The van der Waals surface area contributed by atoms with Crippen molar-refractivity contribution in [1.82, 2.24) is 15.2 Å². The molecule has 12 heteroatoms. The van der Waals surface area contributed by atoms with Crippen molar-refractivity contribution in [2.75, 3.05) is 11.6 Å². The Kier molecular flexibility index (Phi) is 5.52. The van der Waals surface area contributed by atoms with E-state index in [-0.39, 0.29) is 28.2 Å². The van der Waals surface area contributed by atoms with Crippen LogP contribution in [-0.2, 0) is 22.6 Å². The van der Waals surface area contributed by atoms with Crippen LogP contribution in [0.3, 0.4) is 0 Å². The molecular weight excluding hydrogens is 417 g/mol. The van der Waals surface area contributed by atoms with Crippen LogP contribution in [0.5, 0.6) is 11.6 Å². The minimum absolute atomic E-state index is 0.00111. The highest BCUT2D eigenvalue weighted by Gasteiger charge is 2.35. The molecule has 7 nitrogen and oxygen atoms in total. The second-order valence-electron chi connectivity index (χ2n) is 5.58. The summed E-state index contributed by atoms with van der Waals surface area (Å²) < 4.78 is 66.8. The monoisotopic (exact) mass is 430 g/mol. The average Bonchev–Trinajstić information content (AvgIpc) is 3.10. The van der Waals surface area contributed by atoms with Gasteiger partial charge in [0, 0.05) is 24.6 Å². The lowest BCUT2D eigenvalue weighted by atomic mass is 10.2. The molecule has 0 bridgehead atoms. The van der Waals surface area contributed by atoms with E-state index in [9.17, 15) is 21.6 Å². The second-order valence-corrected chi connectivity index (χ2v) is 8.57. The van der Waals surface area contributed by atoms with Crippen molar-refractivity contribution in [3.63, 3.8) is 0 Å². The van der Waals surface area contributed by atoms with Gasteiger partial charge in [0.25, 0.3) is 0 Å². The molecule has 0 spiro atoms. The molecule has 1 N–H and O–H groups in total. The maximum atomic E-state index is 12.6. The van der Waals surface area contributed by atoms with Gasteiger partial charge in [-0.1, -0.05) is 23.5 Å². The number of sulfone groups is 1. The molecule has 0 aliphatic rings. The number of nitrogens with zero attached hydrogens (tertiary/aromatic N) is 3. The molecule has 0 fully saturated rings. The van der Waals surface area contributed by atoms with Crippen molar-refractivity contribution in [1.29, 1.82) is 0 Å². The summed E-state index contributed by atoms with van der Waals surface area (Å²) in [7, 11) is -3.40. The van der Waals surface area contributed by atoms with Crippen LogP contribution >= 0.6 is 11.3 Å². The van der Waals surface area contributed by atoms with Crippen LogP contribution in [0.1, 0.15) is 10.6 Å². The Hall–Kier alpha value is -2.73. The lowest BCUT2D eigenvalue weighted by molar-refractivity contribution is -0.138. The molecule has 0 aliphatic carbocycles. The first kappa shape index (κ1) is 20.0. The number of benzene rings is 1. The predicted molar refractivity (Wildman–Crippen MR) is 96.1 cm³/mol. The Morgan fingerprint density at radius 3 is 2.64 bits per heavy atom. The topological polar surface area (TPSA) is 94.1 Å². The van der Waals surface area contributed by atoms with E-state index in [1.54, 1.807) is 18.2 Å². The molecular formula is C16H13F3N4O3S2. The van der Waals surface area contributed by atoms with Gasteiger partial charge in [0.15, 0.2) is 9.84 Å². The minimum atomic E-state index is -4.55. The van der Waals surface area contributed by atoms with Crippen LogP contribution in [0.15, 0.2) is 47.5 Å². The zero-order valence-electron chi connectivity index (χ0n) is 14.3. The highest BCUT2D eigenvalue weighted by Crippen LogP contribution is 2.33. The fourth-order valence-electron chi connectivity index (χ4n) is 2.11. The summed E-state index contributed by atoms with van der Waals surface area (Å²) in [5, 5.41) is 8.26. The van der Waals surface area contributed by atoms with E-state index < -0.39 is 21.0 Å². The molecule has 28 heavy (non-hydrogen) atoms. The molecule has 2 aromatic heterocycles. The Morgan fingerprint density at radius 2 is 1.96 bits per heavy atom. The van der Waals surface area contributed by atoms with Gasteiger partial charge in [-0.2, -0.15) is 13.2 Å². The van der Waals surface area contributed by atoms with Gasteiger partial charge in [-0.05, 0) is 24.3 Å². The summed E-state index contributed by atoms with van der Waals surface area (Å²) in [6.07, 6.45) is -1.99. The second kappa shape index (κ2) is 7.72. The van der Waals surface area contributed by atoms with E-state index in [0.717, 1.165) is 6.26 Å². The molecule has 0 amide bonds. The van der Waals surface area contributed by atoms with Gasteiger partial charge in [0.2, 0.25) is 16.0 Å². The number of rotatable bonds is 6. The van der Waals surface area contributed by atoms with Gasteiger partial charge < -0.3 is 10.1 Å². The SMILES string of the molecule is CS(=O)(=O)c1cccc(Oc2ncccc2CNc2nnc(C(F)(F)F)s2)c1. The number of anilines is 1. The molecule has 148 valence electrons. The van der Waals surface area contributed by atoms with Crippen molar-refractivity contribution in [3.8, 4) is 11.6 Å². The Balaban J connectivity index is 1.76. The lowest BCUT2D eigenvalue weighted by Gasteiger charge is -2.11. The van der Waals surface area contributed by atoms with Crippen LogP contribution in [0.4, 0.5) is 18.3 Å². The average molecular weight is 430 g/mol. The van der Waals surface area contributed by atoms with Gasteiger partial charge in [-0.3, -0.25) is 0 Å². The molecule has 1 aromatic carbocycles. The highest BCUT2D eigenvalue weighted by atomic mass is 32.2. The van der Waals surface area contributed by atoms with E-state index in [0.29, 0.717) is 16.9 Å². The third-order valence-electron chi connectivity index (χ3n) is 3.40. The lowest BCUT2D eigenvalue weighted by Crippen LogP contribution is -2.03. The number of hydrogen-bond donors (Lipinski definition) is 1. The summed E-state index contributed by atoms with van der Waals surface area (Å²) >= 11 is 0.387. The molecule has 2 heterocycles. The maximum Gasteiger partial charge on any atom is 0.445 e. The summed E-state index contributed by atoms with van der Waals surface area (Å²) in [4.78, 5) is 4.19. The third-order valence-corrected chi connectivity index (χ3v) is 5.43. The summed E-state index contributed by atoms with van der Waals surface area (Å²) in [6, 6.07) is 9.21. The molecule has 0 aliphatic heterocycles. The fourth-order valence-corrected chi connectivity index (χ4v) is 3.37. The smallest absolute Gasteiger partial charge is 0.439 e. The predicted octanol–water partition coefficient (Wildman–Crippen LogP) is 3.76. The quantitative estimate of drug-likeness (QED) is 0.636. The maximum absolute atomic E-state index is 12.6. The van der Waals surface area contributed by atoms with Crippen molar-refractivity contribution in [2.45, 2.75) is 17.6 Å². The van der Waals surface area contributed by atoms with Gasteiger partial charge in [-0.25, -0.2) is 13.4 Å². The zero-order chi connectivity index (χ0) is 20.4.